The van der Waals surface area contributed by atoms with Crippen LogP contribution in [0.2, 0.25) is 0 Å². The molecule has 2 atom stereocenters. The molecule has 1 aromatic heterocycles. The van der Waals surface area contributed by atoms with Gasteiger partial charge < -0.3 is 25.5 Å². The number of aromatic nitrogens is 2. The number of carboxylic acid groups (broad SMARTS) is 1. The Morgan fingerprint density at radius 3 is 2.48 bits per heavy atom. The average molecular weight is 772 g/mol. The first-order valence-corrected chi connectivity index (χ1v) is 19.3. The van der Waals surface area contributed by atoms with Gasteiger partial charge in [0.2, 0.25) is 0 Å². The number of halogens is 2. The molecule has 10 nitrogen and oxygen atoms in total. The average Bonchev–Trinajstić information content (AvgIpc) is 3.62. The molecule has 0 bridgehead atoms. The number of imidazole rings is 1. The van der Waals surface area contributed by atoms with E-state index in [0.29, 0.717) is 36.0 Å². The number of hydrogen-bond acceptors (Lipinski definition) is 7. The Bertz CT molecular complexity index is 1860. The molecule has 0 radical (unpaired) electrons. The zero-order valence-electron chi connectivity index (χ0n) is 33.8. The van der Waals surface area contributed by atoms with Crippen molar-refractivity contribution >= 4 is 30.0 Å². The lowest BCUT2D eigenvalue weighted by Crippen LogP contribution is -2.40. The molecule has 3 heterocycles. The van der Waals surface area contributed by atoms with Crippen LogP contribution < -0.4 is 10.6 Å². The summed E-state index contributed by atoms with van der Waals surface area (Å²) in [5.74, 6) is 0.140. The fraction of sp³-hybridized carbons (Fsp3) is 0.409. The number of likely N-dealkylation sites (tertiary alicyclic amines) is 1. The Balaban J connectivity index is 0.000000610. The Labute approximate surface area is 331 Å². The summed E-state index contributed by atoms with van der Waals surface area (Å²) in [5.41, 5.74) is 4.31. The van der Waals surface area contributed by atoms with Gasteiger partial charge in [0.05, 0.1) is 11.9 Å². The molecule has 56 heavy (non-hydrogen) atoms. The van der Waals surface area contributed by atoms with Gasteiger partial charge in [-0.15, -0.1) is 0 Å². The van der Waals surface area contributed by atoms with Crippen LogP contribution in [0, 0.1) is 30.4 Å². The van der Waals surface area contributed by atoms with Crippen LogP contribution in [0.5, 0.6) is 0 Å². The monoisotopic (exact) mass is 771 g/mol. The molecule has 12 heteroatoms. The predicted octanol–water partition coefficient (Wildman–Crippen LogP) is 9.10. The summed E-state index contributed by atoms with van der Waals surface area (Å²) in [6.45, 7) is 21.0. The van der Waals surface area contributed by atoms with Crippen molar-refractivity contribution in [1.29, 1.82) is 0 Å². The fourth-order valence-corrected chi connectivity index (χ4v) is 6.74. The Morgan fingerprint density at radius 1 is 1.12 bits per heavy atom. The molecule has 0 spiro atoms. The topological polar surface area (TPSA) is 115 Å². The van der Waals surface area contributed by atoms with Gasteiger partial charge in [0.1, 0.15) is 0 Å². The summed E-state index contributed by atoms with van der Waals surface area (Å²) in [6.07, 6.45) is 17.2. The Morgan fingerprint density at radius 2 is 1.84 bits per heavy atom. The SMILES string of the molecule is C=C/C=C\N=C(C)C=C.CCCC(C)CN1CCC(CNC(=O)c2ccc(NC3c4ncc(-c5ccc(C)c(F)c5F)n4C=CN3C)cc2CC)CC1.O=CO. The lowest BCUT2D eigenvalue weighted by atomic mass is 9.95. The minimum atomic E-state index is -0.881. The highest BCUT2D eigenvalue weighted by Crippen LogP contribution is 2.33. The number of hydrogen-bond donors (Lipinski definition) is 3. The summed E-state index contributed by atoms with van der Waals surface area (Å²) in [4.78, 5) is 34.7. The van der Waals surface area contributed by atoms with Crippen LogP contribution in [0.3, 0.4) is 0 Å². The van der Waals surface area contributed by atoms with Gasteiger partial charge in [0.25, 0.3) is 12.4 Å². The van der Waals surface area contributed by atoms with Gasteiger partial charge in [0.15, 0.2) is 23.6 Å². The largest absolute Gasteiger partial charge is 0.483 e. The van der Waals surface area contributed by atoms with Gasteiger partial charge in [-0.25, -0.2) is 13.8 Å². The van der Waals surface area contributed by atoms with E-state index in [9.17, 15) is 13.6 Å². The number of allylic oxidation sites excluding steroid dienone is 3. The van der Waals surface area contributed by atoms with E-state index < -0.39 is 11.6 Å². The summed E-state index contributed by atoms with van der Waals surface area (Å²) in [6, 6.07) is 8.97. The number of carbonyl (C=O) groups excluding carboxylic acids is 1. The summed E-state index contributed by atoms with van der Waals surface area (Å²) in [7, 11) is 1.93. The number of carbonyl (C=O) groups is 2. The quantitative estimate of drug-likeness (QED) is 0.0851. The lowest BCUT2D eigenvalue weighted by molar-refractivity contribution is -0.122. The van der Waals surface area contributed by atoms with Crippen LogP contribution >= 0.6 is 0 Å². The van der Waals surface area contributed by atoms with Crippen molar-refractivity contribution in [3.05, 3.63) is 114 Å². The summed E-state index contributed by atoms with van der Waals surface area (Å²) >= 11 is 0. The fourth-order valence-electron chi connectivity index (χ4n) is 6.74. The molecule has 1 saturated heterocycles. The Hall–Kier alpha value is -5.36. The van der Waals surface area contributed by atoms with Crippen molar-refractivity contribution in [2.45, 2.75) is 72.9 Å². The van der Waals surface area contributed by atoms with E-state index in [-0.39, 0.29) is 29.7 Å². The van der Waals surface area contributed by atoms with Crippen LogP contribution in [0.4, 0.5) is 14.5 Å². The maximum Gasteiger partial charge on any atom is 0.290 e. The third-order valence-corrected chi connectivity index (χ3v) is 9.92. The van der Waals surface area contributed by atoms with E-state index in [1.165, 1.54) is 19.4 Å². The van der Waals surface area contributed by atoms with Crippen molar-refractivity contribution < 1.29 is 23.5 Å². The number of rotatable bonds is 14. The molecule has 0 aliphatic carbocycles. The van der Waals surface area contributed by atoms with Gasteiger partial charge in [-0.05, 0) is 112 Å². The van der Waals surface area contributed by atoms with E-state index in [2.05, 4.69) is 59.4 Å². The van der Waals surface area contributed by atoms with E-state index in [0.717, 1.165) is 48.8 Å². The molecular formula is C44H59F2N7O3. The number of benzene rings is 2. The zero-order valence-corrected chi connectivity index (χ0v) is 33.8. The summed E-state index contributed by atoms with van der Waals surface area (Å²) in [5, 5.41) is 13.6. The van der Waals surface area contributed by atoms with Gasteiger partial charge >= 0.3 is 0 Å². The van der Waals surface area contributed by atoms with E-state index in [1.54, 1.807) is 60.4 Å². The highest BCUT2D eigenvalue weighted by atomic mass is 19.2. The minimum Gasteiger partial charge on any atom is -0.483 e. The second kappa shape index (κ2) is 22.9. The number of aryl methyl sites for hydroxylation is 2. The van der Waals surface area contributed by atoms with Crippen LogP contribution in [0.15, 0.2) is 85.3 Å². The first-order valence-electron chi connectivity index (χ1n) is 19.3. The Kier molecular flexibility index (Phi) is 18.4. The third-order valence-electron chi connectivity index (χ3n) is 9.92. The smallest absolute Gasteiger partial charge is 0.290 e. The van der Waals surface area contributed by atoms with Gasteiger partial charge in [-0.3, -0.25) is 19.1 Å². The molecule has 302 valence electrons. The molecule has 2 aromatic carbocycles. The van der Waals surface area contributed by atoms with Crippen molar-refractivity contribution in [3.8, 4) is 11.3 Å². The van der Waals surface area contributed by atoms with Crippen molar-refractivity contribution in [2.75, 3.05) is 38.5 Å². The van der Waals surface area contributed by atoms with Crippen LogP contribution in [-0.4, -0.2) is 75.8 Å². The first kappa shape index (κ1) is 45.0. The van der Waals surface area contributed by atoms with E-state index in [1.807, 2.05) is 43.3 Å². The highest BCUT2D eigenvalue weighted by Gasteiger charge is 2.28. The normalized spacial score (nSPS) is 16.2. The molecular weight excluding hydrogens is 713 g/mol. The molecule has 2 aliphatic heterocycles. The molecule has 0 saturated carbocycles. The molecule has 3 aromatic rings. The number of fused-ring (bicyclic) bond motifs is 1. The van der Waals surface area contributed by atoms with Gasteiger partial charge in [-0.1, -0.05) is 52.5 Å². The number of piperidine rings is 1. The second-order valence-electron chi connectivity index (χ2n) is 14.2. The molecule has 2 aliphatic rings. The predicted molar refractivity (Wildman–Crippen MR) is 224 cm³/mol. The second-order valence-corrected chi connectivity index (χ2v) is 14.2. The van der Waals surface area contributed by atoms with Gasteiger partial charge in [0, 0.05) is 61.3 Å². The number of amides is 1. The molecule has 2 unspecified atom stereocenters. The highest BCUT2D eigenvalue weighted by molar-refractivity contribution is 5.96. The molecule has 5 rings (SSSR count). The van der Waals surface area contributed by atoms with E-state index in [4.69, 9.17) is 9.90 Å². The standard InChI is InChI=1S/C35H46F2N6O.C8H11N.CH2O2/c1-6-8-23(3)22-42-15-13-25(14-16-42)20-39-35(44)28-12-10-27(19-26(28)7-2)40-34-33-38-21-30(43(33)18-17-41(34)5)29-11-9-24(4)31(36)32(29)37;1-4-6-7-9-8(3)5-2;2-1-3/h9-12,17-19,21,23,25,34,40H,6-8,13-16,20,22H2,1-5H3,(H,39,44);4-7H,1-2H2,3H3;1H,(H,2,3)/b;7-6-,9-8?;. The van der Waals surface area contributed by atoms with E-state index >= 15 is 0 Å². The zero-order chi connectivity index (χ0) is 41.2. The summed E-state index contributed by atoms with van der Waals surface area (Å²) < 4.78 is 31.0. The number of nitrogens with one attached hydrogen (secondary N) is 2. The maximum absolute atomic E-state index is 14.8. The van der Waals surface area contributed by atoms with Crippen molar-refractivity contribution in [1.82, 2.24) is 24.7 Å². The van der Waals surface area contributed by atoms with Crippen molar-refractivity contribution in [2.24, 2.45) is 16.8 Å². The number of anilines is 1. The van der Waals surface area contributed by atoms with Crippen molar-refractivity contribution in [3.63, 3.8) is 0 Å². The maximum atomic E-state index is 14.8. The lowest BCUT2D eigenvalue weighted by Gasteiger charge is -2.33. The van der Waals surface area contributed by atoms with Crippen LogP contribution in [0.1, 0.15) is 86.9 Å². The first-order chi connectivity index (χ1) is 26.9. The third kappa shape index (κ3) is 12.6. The number of aliphatic imine (C=N–C) groups is 1. The van der Waals surface area contributed by atoms with Gasteiger partial charge in [-0.2, -0.15) is 0 Å². The minimum absolute atomic E-state index is 0.0299. The van der Waals surface area contributed by atoms with Crippen LogP contribution in [0.25, 0.3) is 17.5 Å². The molecule has 3 N–H and O–H groups in total. The number of nitrogens with zero attached hydrogens (tertiary/aromatic N) is 5. The molecule has 1 fully saturated rings. The molecule has 1 amide bonds. The van der Waals surface area contributed by atoms with Crippen LogP contribution in [-0.2, 0) is 11.2 Å².